The van der Waals surface area contributed by atoms with Crippen LogP contribution in [0.3, 0.4) is 0 Å². The van der Waals surface area contributed by atoms with Gasteiger partial charge in [-0.1, -0.05) is 30.3 Å². The van der Waals surface area contributed by atoms with Gasteiger partial charge in [0.25, 0.3) is 0 Å². The Morgan fingerprint density at radius 1 is 1.35 bits per heavy atom. The van der Waals surface area contributed by atoms with Crippen LogP contribution < -0.4 is 5.73 Å². The SMILES string of the molecule is CCc1c(-c2cc3ccccc3s2)noc1N. The van der Waals surface area contributed by atoms with Gasteiger partial charge in [0.15, 0.2) is 0 Å². The zero-order valence-corrected chi connectivity index (χ0v) is 10.3. The van der Waals surface area contributed by atoms with Crippen LogP contribution >= 0.6 is 11.3 Å². The maximum absolute atomic E-state index is 5.76. The second-order valence-electron chi connectivity index (χ2n) is 3.88. The second kappa shape index (κ2) is 3.89. The first-order valence-corrected chi connectivity index (χ1v) is 6.34. The van der Waals surface area contributed by atoms with E-state index in [1.807, 2.05) is 12.1 Å². The van der Waals surface area contributed by atoms with Gasteiger partial charge in [-0.25, -0.2) is 0 Å². The van der Waals surface area contributed by atoms with Gasteiger partial charge in [-0.15, -0.1) is 11.3 Å². The molecule has 0 aliphatic carbocycles. The third-order valence-electron chi connectivity index (χ3n) is 2.83. The molecule has 0 spiro atoms. The lowest BCUT2D eigenvalue weighted by Crippen LogP contribution is -1.88. The topological polar surface area (TPSA) is 52.0 Å². The maximum atomic E-state index is 5.76. The van der Waals surface area contributed by atoms with Crippen molar-refractivity contribution in [1.29, 1.82) is 0 Å². The number of nitrogens with two attached hydrogens (primary N) is 1. The number of nitrogens with zero attached hydrogens (tertiary/aromatic N) is 1. The molecule has 0 saturated carbocycles. The van der Waals surface area contributed by atoms with E-state index >= 15 is 0 Å². The lowest BCUT2D eigenvalue weighted by molar-refractivity contribution is 0.439. The highest BCUT2D eigenvalue weighted by Gasteiger charge is 2.15. The Bertz CT molecular complexity index is 636. The Labute approximate surface area is 103 Å². The molecule has 3 rings (SSSR count). The average Bonchev–Trinajstić information content (AvgIpc) is 2.91. The number of fused-ring (bicyclic) bond motifs is 1. The van der Waals surface area contributed by atoms with Gasteiger partial charge in [0.05, 0.1) is 4.88 Å². The lowest BCUT2D eigenvalue weighted by Gasteiger charge is -1.93. The molecular weight excluding hydrogens is 232 g/mol. The van der Waals surface area contributed by atoms with E-state index in [0.717, 1.165) is 22.6 Å². The molecule has 0 bridgehead atoms. The molecule has 2 heterocycles. The summed E-state index contributed by atoms with van der Waals surface area (Å²) in [5.74, 6) is 0.431. The molecule has 0 aliphatic rings. The van der Waals surface area contributed by atoms with Gasteiger partial charge in [0, 0.05) is 10.3 Å². The summed E-state index contributed by atoms with van der Waals surface area (Å²) in [4.78, 5) is 1.11. The second-order valence-corrected chi connectivity index (χ2v) is 4.96. The molecule has 4 heteroatoms. The number of anilines is 1. The summed E-state index contributed by atoms with van der Waals surface area (Å²) in [6.07, 6.45) is 0.832. The predicted octanol–water partition coefficient (Wildman–Crippen LogP) is 3.70. The third kappa shape index (κ3) is 1.61. The van der Waals surface area contributed by atoms with Crippen LogP contribution in [0.5, 0.6) is 0 Å². The van der Waals surface area contributed by atoms with Crippen molar-refractivity contribution in [3.05, 3.63) is 35.9 Å². The minimum Gasteiger partial charge on any atom is -0.367 e. The first kappa shape index (κ1) is 10.4. The highest BCUT2D eigenvalue weighted by Crippen LogP contribution is 2.36. The van der Waals surface area contributed by atoms with Gasteiger partial charge in [0.2, 0.25) is 5.88 Å². The van der Waals surface area contributed by atoms with Crippen LogP contribution in [0, 0.1) is 0 Å². The Morgan fingerprint density at radius 2 is 2.18 bits per heavy atom. The number of hydrogen-bond acceptors (Lipinski definition) is 4. The van der Waals surface area contributed by atoms with E-state index in [1.54, 1.807) is 11.3 Å². The minimum atomic E-state index is 0.431. The Kier molecular flexibility index (Phi) is 2.37. The standard InChI is InChI=1S/C13H12N2OS/c1-2-9-12(15-16-13(9)14)11-7-8-5-3-4-6-10(8)17-11/h3-7H,2,14H2,1H3. The fourth-order valence-electron chi connectivity index (χ4n) is 1.96. The number of nitrogen functional groups attached to an aromatic ring is 1. The Balaban J connectivity index is 2.20. The molecule has 2 N–H and O–H groups in total. The highest BCUT2D eigenvalue weighted by molar-refractivity contribution is 7.22. The van der Waals surface area contributed by atoms with E-state index < -0.39 is 0 Å². The molecule has 0 saturated heterocycles. The predicted molar refractivity (Wildman–Crippen MR) is 71.1 cm³/mol. The molecular formula is C13H12N2OS. The van der Waals surface area contributed by atoms with Crippen molar-refractivity contribution in [3.63, 3.8) is 0 Å². The molecule has 2 aromatic heterocycles. The van der Waals surface area contributed by atoms with Crippen LogP contribution in [-0.4, -0.2) is 5.16 Å². The van der Waals surface area contributed by atoms with Crippen molar-refractivity contribution in [1.82, 2.24) is 5.16 Å². The van der Waals surface area contributed by atoms with E-state index in [2.05, 4.69) is 30.3 Å². The smallest absolute Gasteiger partial charge is 0.225 e. The highest BCUT2D eigenvalue weighted by atomic mass is 32.1. The fraction of sp³-hybridized carbons (Fsp3) is 0.154. The van der Waals surface area contributed by atoms with Crippen LogP contribution in [0.2, 0.25) is 0 Å². The van der Waals surface area contributed by atoms with Crippen molar-refractivity contribution >= 4 is 27.3 Å². The summed E-state index contributed by atoms with van der Waals surface area (Å²) < 4.78 is 6.33. The molecule has 3 nitrogen and oxygen atoms in total. The first-order valence-electron chi connectivity index (χ1n) is 5.52. The van der Waals surface area contributed by atoms with Crippen molar-refractivity contribution in [2.24, 2.45) is 0 Å². The van der Waals surface area contributed by atoms with Gasteiger partial charge < -0.3 is 10.3 Å². The van der Waals surface area contributed by atoms with E-state index in [4.69, 9.17) is 10.3 Å². The molecule has 0 unspecified atom stereocenters. The lowest BCUT2D eigenvalue weighted by atomic mass is 10.1. The number of rotatable bonds is 2. The summed E-state index contributed by atoms with van der Waals surface area (Å²) in [7, 11) is 0. The fourth-order valence-corrected chi connectivity index (χ4v) is 3.03. The van der Waals surface area contributed by atoms with Crippen LogP contribution in [0.1, 0.15) is 12.5 Å². The molecule has 0 radical (unpaired) electrons. The van der Waals surface area contributed by atoms with Gasteiger partial charge in [-0.3, -0.25) is 0 Å². The van der Waals surface area contributed by atoms with Crippen LogP contribution in [0.15, 0.2) is 34.9 Å². The van der Waals surface area contributed by atoms with E-state index in [1.165, 1.54) is 10.1 Å². The quantitative estimate of drug-likeness (QED) is 0.747. The maximum Gasteiger partial charge on any atom is 0.225 e. The summed E-state index contributed by atoms with van der Waals surface area (Å²) in [5.41, 5.74) is 7.64. The molecule has 86 valence electrons. The minimum absolute atomic E-state index is 0.431. The number of hydrogen-bond donors (Lipinski definition) is 1. The Hall–Kier alpha value is -1.81. The van der Waals surface area contributed by atoms with Gasteiger partial charge in [0.1, 0.15) is 5.69 Å². The summed E-state index contributed by atoms with van der Waals surface area (Å²) in [5, 5.41) is 5.30. The van der Waals surface area contributed by atoms with E-state index in [0.29, 0.717) is 5.88 Å². The number of aromatic nitrogens is 1. The largest absolute Gasteiger partial charge is 0.367 e. The van der Waals surface area contributed by atoms with E-state index in [9.17, 15) is 0 Å². The van der Waals surface area contributed by atoms with Crippen molar-refractivity contribution < 1.29 is 4.52 Å². The molecule has 1 aromatic carbocycles. The molecule has 0 fully saturated rings. The molecule has 3 aromatic rings. The van der Waals surface area contributed by atoms with Gasteiger partial charge in [-0.05, 0) is 23.9 Å². The summed E-state index contributed by atoms with van der Waals surface area (Å²) >= 11 is 1.72. The summed E-state index contributed by atoms with van der Waals surface area (Å²) in [6.45, 7) is 2.06. The zero-order valence-electron chi connectivity index (χ0n) is 9.43. The van der Waals surface area contributed by atoms with Crippen LogP contribution in [-0.2, 0) is 6.42 Å². The normalized spacial score (nSPS) is 11.1. The molecule has 0 atom stereocenters. The number of thiophene rings is 1. The monoisotopic (exact) mass is 244 g/mol. The molecule has 17 heavy (non-hydrogen) atoms. The molecule has 0 aliphatic heterocycles. The van der Waals surface area contributed by atoms with E-state index in [-0.39, 0.29) is 0 Å². The van der Waals surface area contributed by atoms with Gasteiger partial charge >= 0.3 is 0 Å². The van der Waals surface area contributed by atoms with Crippen LogP contribution in [0.4, 0.5) is 5.88 Å². The third-order valence-corrected chi connectivity index (χ3v) is 3.95. The number of benzene rings is 1. The van der Waals surface area contributed by atoms with Gasteiger partial charge in [-0.2, -0.15) is 0 Å². The van der Waals surface area contributed by atoms with Crippen molar-refractivity contribution in [2.75, 3.05) is 5.73 Å². The summed E-state index contributed by atoms with van der Waals surface area (Å²) in [6, 6.07) is 10.4. The molecule has 0 amide bonds. The average molecular weight is 244 g/mol. The van der Waals surface area contributed by atoms with Crippen molar-refractivity contribution in [3.8, 4) is 10.6 Å². The zero-order chi connectivity index (χ0) is 11.8. The van der Waals surface area contributed by atoms with Crippen molar-refractivity contribution in [2.45, 2.75) is 13.3 Å². The Morgan fingerprint density at radius 3 is 2.94 bits per heavy atom. The first-order chi connectivity index (χ1) is 8.29. The van der Waals surface area contributed by atoms with Crippen LogP contribution in [0.25, 0.3) is 20.7 Å².